The lowest BCUT2D eigenvalue weighted by molar-refractivity contribution is -0.242. The highest BCUT2D eigenvalue weighted by Gasteiger charge is 2.55. The van der Waals surface area contributed by atoms with Crippen LogP contribution >= 0.6 is 23.4 Å². The average molecular weight is 434 g/mol. The molecule has 0 spiro atoms. The molecule has 0 aliphatic rings. The molecule has 2 aromatic carbocycles. The summed E-state index contributed by atoms with van der Waals surface area (Å²) in [5, 5.41) is 13.8. The van der Waals surface area contributed by atoms with E-state index in [1.807, 2.05) is 5.32 Å². The molecule has 0 unspecified atom stereocenters. The van der Waals surface area contributed by atoms with Crippen molar-refractivity contribution in [3.05, 3.63) is 47.5 Å². The summed E-state index contributed by atoms with van der Waals surface area (Å²) >= 11 is 7.26. The Morgan fingerprint density at radius 2 is 1.75 bits per heavy atom. The predicted octanol–water partition coefficient (Wildman–Crippen LogP) is 4.23. The molecule has 0 aliphatic carbocycles. The standard InChI is InChI=1S/C17H15ClF3N3O3S/c1-16(27,17(19,20)21)14(25)23-11-7-6-9(8-10(11)18)28-13-5-3-2-4-12(13)24-15(22)26/h2-8,27H,1H3,(H,23,25)(H3,22,24,26)/t16-/m1/s1. The summed E-state index contributed by atoms with van der Waals surface area (Å²) < 4.78 is 38.2. The monoisotopic (exact) mass is 433 g/mol. The van der Waals surface area contributed by atoms with Gasteiger partial charge in [0.25, 0.3) is 5.91 Å². The number of amides is 3. The molecule has 0 aliphatic heterocycles. The van der Waals surface area contributed by atoms with Crippen LogP contribution in [0.1, 0.15) is 6.92 Å². The Morgan fingerprint density at radius 1 is 1.11 bits per heavy atom. The van der Waals surface area contributed by atoms with Crippen LogP contribution in [0.3, 0.4) is 0 Å². The summed E-state index contributed by atoms with van der Waals surface area (Å²) in [5.74, 6) is -1.65. The molecule has 0 radical (unpaired) electrons. The SMILES string of the molecule is C[C@@](O)(C(=O)Nc1ccc(Sc2ccccc2NC(N)=O)cc1Cl)C(F)(F)F. The molecule has 0 aromatic heterocycles. The van der Waals surface area contributed by atoms with E-state index in [4.69, 9.17) is 17.3 Å². The van der Waals surface area contributed by atoms with Crippen molar-refractivity contribution in [2.24, 2.45) is 5.73 Å². The Labute approximate surface area is 167 Å². The maximum Gasteiger partial charge on any atom is 0.426 e. The van der Waals surface area contributed by atoms with E-state index in [9.17, 15) is 27.9 Å². The molecule has 2 rings (SSSR count). The van der Waals surface area contributed by atoms with Gasteiger partial charge in [-0.1, -0.05) is 35.5 Å². The lowest BCUT2D eigenvalue weighted by atomic mass is 10.1. The van der Waals surface area contributed by atoms with Crippen LogP contribution in [0.25, 0.3) is 0 Å². The van der Waals surface area contributed by atoms with Crippen molar-refractivity contribution >= 4 is 46.7 Å². The van der Waals surface area contributed by atoms with Gasteiger partial charge in [0.1, 0.15) is 0 Å². The average Bonchev–Trinajstić information content (AvgIpc) is 2.57. The van der Waals surface area contributed by atoms with Crippen LogP contribution in [0, 0.1) is 0 Å². The highest BCUT2D eigenvalue weighted by Crippen LogP contribution is 2.37. The fourth-order valence-corrected chi connectivity index (χ4v) is 3.19. The van der Waals surface area contributed by atoms with Gasteiger partial charge < -0.3 is 21.5 Å². The Bertz CT molecular complexity index is 907. The zero-order valence-corrected chi connectivity index (χ0v) is 15.9. The Hall–Kier alpha value is -2.43. The van der Waals surface area contributed by atoms with Crippen molar-refractivity contribution in [1.29, 1.82) is 0 Å². The lowest BCUT2D eigenvalue weighted by Gasteiger charge is -2.25. The number of anilines is 2. The molecule has 0 bridgehead atoms. The van der Waals surface area contributed by atoms with Gasteiger partial charge in [-0.15, -0.1) is 0 Å². The normalized spacial score (nSPS) is 13.5. The van der Waals surface area contributed by atoms with E-state index >= 15 is 0 Å². The third-order valence-electron chi connectivity index (χ3n) is 3.56. The third-order valence-corrected chi connectivity index (χ3v) is 4.93. The molecule has 6 nitrogen and oxygen atoms in total. The Morgan fingerprint density at radius 3 is 2.32 bits per heavy atom. The van der Waals surface area contributed by atoms with Crippen LogP contribution in [-0.4, -0.2) is 28.8 Å². The van der Waals surface area contributed by atoms with Gasteiger partial charge >= 0.3 is 12.2 Å². The number of hydrogen-bond acceptors (Lipinski definition) is 4. The van der Waals surface area contributed by atoms with Gasteiger partial charge in [-0.2, -0.15) is 13.2 Å². The number of aliphatic hydroxyl groups is 1. The summed E-state index contributed by atoms with van der Waals surface area (Å²) in [6, 6.07) is 10.3. The van der Waals surface area contributed by atoms with E-state index in [1.165, 1.54) is 30.0 Å². The first kappa shape index (κ1) is 21.9. The number of urea groups is 1. The van der Waals surface area contributed by atoms with Crippen molar-refractivity contribution in [3.8, 4) is 0 Å². The van der Waals surface area contributed by atoms with Crippen LogP contribution in [0.15, 0.2) is 52.3 Å². The van der Waals surface area contributed by atoms with Crippen LogP contribution < -0.4 is 16.4 Å². The first-order valence-corrected chi connectivity index (χ1v) is 8.84. The van der Waals surface area contributed by atoms with Gasteiger partial charge in [0.05, 0.1) is 16.4 Å². The molecule has 28 heavy (non-hydrogen) atoms. The molecule has 2 aromatic rings. The van der Waals surface area contributed by atoms with Crippen LogP contribution in [0.5, 0.6) is 0 Å². The number of para-hydroxylation sites is 1. The Balaban J connectivity index is 2.20. The molecular formula is C17H15ClF3N3O3S. The van der Waals surface area contributed by atoms with Crippen molar-refractivity contribution in [1.82, 2.24) is 0 Å². The topological polar surface area (TPSA) is 104 Å². The molecule has 1 atom stereocenters. The van der Waals surface area contributed by atoms with Crippen LogP contribution in [0.2, 0.25) is 5.02 Å². The molecule has 150 valence electrons. The largest absolute Gasteiger partial charge is 0.426 e. The van der Waals surface area contributed by atoms with E-state index in [1.54, 1.807) is 24.3 Å². The lowest BCUT2D eigenvalue weighted by Crippen LogP contribution is -2.52. The molecule has 3 amide bonds. The molecule has 0 saturated heterocycles. The van der Waals surface area contributed by atoms with E-state index in [-0.39, 0.29) is 10.7 Å². The molecule has 0 heterocycles. The second-order valence-corrected chi connectivity index (χ2v) is 7.28. The van der Waals surface area contributed by atoms with Crippen molar-refractivity contribution in [2.45, 2.75) is 28.5 Å². The Kier molecular flexibility index (Phi) is 6.48. The number of nitrogens with two attached hydrogens (primary N) is 1. The zero-order valence-electron chi connectivity index (χ0n) is 14.3. The van der Waals surface area contributed by atoms with Gasteiger partial charge in [0.2, 0.25) is 5.60 Å². The molecule has 0 fully saturated rings. The molecular weight excluding hydrogens is 419 g/mol. The summed E-state index contributed by atoms with van der Waals surface area (Å²) in [6.07, 6.45) is -5.14. The fourth-order valence-electron chi connectivity index (χ4n) is 1.95. The molecule has 5 N–H and O–H groups in total. The predicted molar refractivity (Wildman–Crippen MR) is 101 cm³/mol. The second kappa shape index (κ2) is 8.29. The van der Waals surface area contributed by atoms with Gasteiger partial charge in [-0.05, 0) is 37.3 Å². The first-order chi connectivity index (χ1) is 12.9. The number of rotatable bonds is 5. The maximum atomic E-state index is 12.7. The first-order valence-electron chi connectivity index (χ1n) is 7.65. The minimum atomic E-state index is -5.14. The maximum absolute atomic E-state index is 12.7. The summed E-state index contributed by atoms with van der Waals surface area (Å²) in [7, 11) is 0. The van der Waals surface area contributed by atoms with Crippen LogP contribution in [-0.2, 0) is 4.79 Å². The van der Waals surface area contributed by atoms with E-state index < -0.39 is 23.7 Å². The number of nitrogens with one attached hydrogen (secondary N) is 2. The third kappa shape index (κ3) is 5.09. The smallest absolute Gasteiger partial charge is 0.373 e. The van der Waals surface area contributed by atoms with Gasteiger partial charge in [-0.3, -0.25) is 4.79 Å². The zero-order chi connectivity index (χ0) is 21.1. The van der Waals surface area contributed by atoms with Crippen LogP contribution in [0.4, 0.5) is 29.3 Å². The van der Waals surface area contributed by atoms with Gasteiger partial charge in [-0.25, -0.2) is 4.79 Å². The van der Waals surface area contributed by atoms with E-state index in [0.29, 0.717) is 22.4 Å². The van der Waals surface area contributed by atoms with Crippen molar-refractivity contribution < 1.29 is 27.9 Å². The van der Waals surface area contributed by atoms with E-state index in [2.05, 4.69) is 5.32 Å². The van der Waals surface area contributed by atoms with Crippen molar-refractivity contribution in [2.75, 3.05) is 10.6 Å². The highest BCUT2D eigenvalue weighted by atomic mass is 35.5. The van der Waals surface area contributed by atoms with Gasteiger partial charge in [0, 0.05) is 9.79 Å². The summed E-state index contributed by atoms with van der Waals surface area (Å²) in [6.45, 7) is 0.350. The number of primary amides is 1. The minimum absolute atomic E-state index is 0.0309. The number of halogens is 4. The van der Waals surface area contributed by atoms with E-state index in [0.717, 1.165) is 0 Å². The number of alkyl halides is 3. The van der Waals surface area contributed by atoms with Crippen molar-refractivity contribution in [3.63, 3.8) is 0 Å². The highest BCUT2D eigenvalue weighted by molar-refractivity contribution is 7.99. The van der Waals surface area contributed by atoms with Gasteiger partial charge in [0.15, 0.2) is 0 Å². The number of benzene rings is 2. The number of carbonyl (C=O) groups excluding carboxylic acids is 2. The summed E-state index contributed by atoms with van der Waals surface area (Å²) in [5.41, 5.74) is 1.93. The minimum Gasteiger partial charge on any atom is -0.373 e. The quantitative estimate of drug-likeness (QED) is 0.566. The number of hydrogen-bond donors (Lipinski definition) is 4. The second-order valence-electron chi connectivity index (χ2n) is 5.75. The fraction of sp³-hybridized carbons (Fsp3) is 0.176. The molecule has 11 heteroatoms. The number of carbonyl (C=O) groups is 2. The molecule has 0 saturated carbocycles. The summed E-state index contributed by atoms with van der Waals surface area (Å²) in [4.78, 5) is 24.1.